The number of hydrogen-bond donors (Lipinski definition) is 0. The average Bonchev–Trinajstić information content (AvgIpc) is 2.71. The van der Waals surface area contributed by atoms with Crippen LogP contribution in [0.3, 0.4) is 0 Å². The van der Waals surface area contributed by atoms with E-state index in [9.17, 15) is 0 Å². The van der Waals surface area contributed by atoms with Crippen molar-refractivity contribution in [3.8, 4) is 17.1 Å². The molecule has 0 amide bonds. The van der Waals surface area contributed by atoms with Crippen LogP contribution in [0.4, 0.5) is 0 Å². The molecule has 2 aromatic rings. The Balaban J connectivity index is 2.33. The second-order valence-corrected chi connectivity index (χ2v) is 2.42. The first-order valence-corrected chi connectivity index (χ1v) is 3.73. The number of methoxy groups -OCH3 is 1. The maximum Gasteiger partial charge on any atom is 0.212 e. The third kappa shape index (κ3) is 1.51. The molecular formula is C9H7N2O2. The first-order valence-electron chi connectivity index (χ1n) is 3.73. The van der Waals surface area contributed by atoms with E-state index in [-0.39, 0.29) is 0 Å². The molecular weight excluding hydrogens is 168 g/mol. The highest BCUT2D eigenvalue weighted by atomic mass is 16.5. The summed E-state index contributed by atoms with van der Waals surface area (Å²) in [5.41, 5.74) is 1.60. The third-order valence-electron chi connectivity index (χ3n) is 1.63. The van der Waals surface area contributed by atoms with Crippen molar-refractivity contribution < 1.29 is 9.26 Å². The fourth-order valence-corrected chi connectivity index (χ4v) is 0.973. The minimum Gasteiger partial charge on any atom is -0.481 e. The van der Waals surface area contributed by atoms with Crippen LogP contribution in [-0.2, 0) is 0 Å². The Morgan fingerprint density at radius 3 is 2.92 bits per heavy atom. The maximum atomic E-state index is 4.92. The number of nitrogens with zero attached hydrogens (tertiary/aromatic N) is 2. The van der Waals surface area contributed by atoms with E-state index in [1.165, 1.54) is 0 Å². The first kappa shape index (κ1) is 7.79. The second kappa shape index (κ2) is 3.26. The van der Waals surface area contributed by atoms with E-state index < -0.39 is 0 Å². The van der Waals surface area contributed by atoms with Crippen LogP contribution in [-0.4, -0.2) is 17.3 Å². The lowest BCUT2D eigenvalue weighted by atomic mass is 10.2. The highest BCUT2D eigenvalue weighted by Crippen LogP contribution is 2.17. The maximum absolute atomic E-state index is 4.92. The molecule has 0 bridgehead atoms. The van der Waals surface area contributed by atoms with Gasteiger partial charge in [-0.3, -0.25) is 0 Å². The van der Waals surface area contributed by atoms with Crippen LogP contribution in [0.2, 0.25) is 0 Å². The van der Waals surface area contributed by atoms with Crippen molar-refractivity contribution in [3.63, 3.8) is 0 Å². The van der Waals surface area contributed by atoms with E-state index >= 15 is 0 Å². The third-order valence-corrected chi connectivity index (χ3v) is 1.63. The Morgan fingerprint density at radius 1 is 1.46 bits per heavy atom. The van der Waals surface area contributed by atoms with Gasteiger partial charge in [-0.05, 0) is 6.07 Å². The lowest BCUT2D eigenvalue weighted by Gasteiger charge is -1.98. The van der Waals surface area contributed by atoms with Gasteiger partial charge in [0, 0.05) is 23.9 Å². The molecule has 2 aromatic heterocycles. The van der Waals surface area contributed by atoms with Crippen molar-refractivity contribution in [1.29, 1.82) is 0 Å². The van der Waals surface area contributed by atoms with Crippen molar-refractivity contribution in [3.05, 3.63) is 30.7 Å². The molecule has 0 spiro atoms. The van der Waals surface area contributed by atoms with E-state index in [1.807, 2.05) is 6.07 Å². The van der Waals surface area contributed by atoms with Crippen LogP contribution in [0.25, 0.3) is 11.3 Å². The molecule has 0 aliphatic heterocycles. The van der Waals surface area contributed by atoms with Gasteiger partial charge in [0.05, 0.1) is 7.11 Å². The highest BCUT2D eigenvalue weighted by molar-refractivity contribution is 5.56. The molecule has 0 N–H and O–H groups in total. The molecule has 0 aromatic carbocycles. The molecule has 0 unspecified atom stereocenters. The quantitative estimate of drug-likeness (QED) is 0.694. The van der Waals surface area contributed by atoms with E-state index in [2.05, 4.69) is 20.9 Å². The summed E-state index contributed by atoms with van der Waals surface area (Å²) in [6.45, 7) is 0. The molecule has 4 heteroatoms. The van der Waals surface area contributed by atoms with Gasteiger partial charge in [-0.1, -0.05) is 5.16 Å². The standard InChI is InChI=1S/C9H7N2O2/c1-12-9-3-2-7(6-10-9)8-4-5-13-11-8/h2-4,6H,1H3. The molecule has 0 fully saturated rings. The van der Waals surface area contributed by atoms with Gasteiger partial charge in [0.2, 0.25) is 12.1 Å². The number of aromatic nitrogens is 2. The van der Waals surface area contributed by atoms with Gasteiger partial charge in [0.25, 0.3) is 0 Å². The van der Waals surface area contributed by atoms with Crippen molar-refractivity contribution in [1.82, 2.24) is 10.1 Å². The van der Waals surface area contributed by atoms with Crippen molar-refractivity contribution in [2.45, 2.75) is 0 Å². The molecule has 13 heavy (non-hydrogen) atoms. The van der Waals surface area contributed by atoms with E-state index in [0.29, 0.717) is 5.88 Å². The molecule has 2 heterocycles. The van der Waals surface area contributed by atoms with Crippen LogP contribution in [0, 0.1) is 6.26 Å². The van der Waals surface area contributed by atoms with Crippen molar-refractivity contribution in [2.24, 2.45) is 0 Å². The fourth-order valence-electron chi connectivity index (χ4n) is 0.973. The van der Waals surface area contributed by atoms with Crippen LogP contribution in [0.15, 0.2) is 28.9 Å². The molecule has 0 aliphatic rings. The minimum atomic E-state index is 0.580. The Bertz CT molecular complexity index is 367. The molecule has 2 rings (SSSR count). The van der Waals surface area contributed by atoms with Gasteiger partial charge in [0.15, 0.2) is 0 Å². The summed E-state index contributed by atoms with van der Waals surface area (Å²) in [6.07, 6.45) is 4.18. The minimum absolute atomic E-state index is 0.580. The van der Waals surface area contributed by atoms with Gasteiger partial charge in [-0.2, -0.15) is 0 Å². The number of ether oxygens (including phenoxy) is 1. The summed E-state index contributed by atoms with van der Waals surface area (Å²) in [6, 6.07) is 5.28. The molecule has 0 aliphatic carbocycles. The zero-order valence-corrected chi connectivity index (χ0v) is 7.02. The Hall–Kier alpha value is -1.84. The molecule has 4 nitrogen and oxygen atoms in total. The summed E-state index contributed by atoms with van der Waals surface area (Å²) in [7, 11) is 1.58. The van der Waals surface area contributed by atoms with Gasteiger partial charge in [-0.15, -0.1) is 0 Å². The first-order chi connectivity index (χ1) is 6.40. The summed E-state index contributed by atoms with van der Waals surface area (Å²) in [5.74, 6) is 0.580. The van der Waals surface area contributed by atoms with E-state index in [0.717, 1.165) is 11.3 Å². The predicted molar refractivity (Wildman–Crippen MR) is 45.1 cm³/mol. The van der Waals surface area contributed by atoms with E-state index in [1.54, 1.807) is 25.4 Å². The SMILES string of the molecule is COc1ccc(-c2c[c]on2)cn1. The monoisotopic (exact) mass is 175 g/mol. The molecule has 0 saturated heterocycles. The predicted octanol–water partition coefficient (Wildman–Crippen LogP) is 1.55. The Morgan fingerprint density at radius 2 is 2.38 bits per heavy atom. The topological polar surface area (TPSA) is 48.2 Å². The van der Waals surface area contributed by atoms with Crippen molar-refractivity contribution >= 4 is 0 Å². The number of hydrogen-bond acceptors (Lipinski definition) is 4. The lowest BCUT2D eigenvalue weighted by molar-refractivity contribution is 0.398. The summed E-state index contributed by atoms with van der Waals surface area (Å²) in [5, 5.41) is 3.73. The largest absolute Gasteiger partial charge is 0.481 e. The van der Waals surface area contributed by atoms with Crippen molar-refractivity contribution in [2.75, 3.05) is 7.11 Å². The van der Waals surface area contributed by atoms with Crippen LogP contribution in [0.1, 0.15) is 0 Å². The smallest absolute Gasteiger partial charge is 0.212 e. The van der Waals surface area contributed by atoms with Gasteiger partial charge in [0.1, 0.15) is 5.69 Å². The Labute approximate surface area is 75.2 Å². The summed E-state index contributed by atoms with van der Waals surface area (Å²) in [4.78, 5) is 4.04. The van der Waals surface area contributed by atoms with Gasteiger partial charge >= 0.3 is 0 Å². The lowest BCUT2D eigenvalue weighted by Crippen LogP contribution is -1.86. The summed E-state index contributed by atoms with van der Waals surface area (Å²) < 4.78 is 9.52. The molecule has 0 saturated carbocycles. The average molecular weight is 175 g/mol. The normalized spacial score (nSPS) is 9.92. The zero-order chi connectivity index (χ0) is 9.10. The van der Waals surface area contributed by atoms with Crippen LogP contribution in [0.5, 0.6) is 5.88 Å². The highest BCUT2D eigenvalue weighted by Gasteiger charge is 2.01. The second-order valence-electron chi connectivity index (χ2n) is 2.42. The summed E-state index contributed by atoms with van der Waals surface area (Å²) >= 11 is 0. The van der Waals surface area contributed by atoms with Gasteiger partial charge < -0.3 is 9.26 Å². The zero-order valence-electron chi connectivity index (χ0n) is 7.02. The Kier molecular flexibility index (Phi) is 1.96. The number of pyridine rings is 1. The van der Waals surface area contributed by atoms with Crippen LogP contribution < -0.4 is 4.74 Å². The molecule has 65 valence electrons. The molecule has 0 atom stereocenters. The molecule has 1 radical (unpaired) electrons. The number of rotatable bonds is 2. The van der Waals surface area contributed by atoms with E-state index in [4.69, 9.17) is 4.74 Å². The van der Waals surface area contributed by atoms with Crippen LogP contribution >= 0.6 is 0 Å². The fraction of sp³-hybridized carbons (Fsp3) is 0.111. The van der Waals surface area contributed by atoms with Gasteiger partial charge in [-0.25, -0.2) is 4.98 Å².